The molecule has 20 heavy (non-hydrogen) atoms. The molecule has 0 amide bonds. The van der Waals surface area contributed by atoms with Gasteiger partial charge in [0.05, 0.1) is 18.1 Å². The maximum Gasteiger partial charge on any atom is 0.240 e. The topological polar surface area (TPSA) is 64.6 Å². The first-order valence-corrected chi connectivity index (χ1v) is 8.16. The van der Waals surface area contributed by atoms with Crippen molar-refractivity contribution in [1.82, 2.24) is 4.72 Å². The third-order valence-electron chi connectivity index (χ3n) is 2.81. The summed E-state index contributed by atoms with van der Waals surface area (Å²) < 4.78 is 37.2. The fraction of sp³-hybridized carbons (Fsp3) is 0.571. The third-order valence-corrected chi connectivity index (χ3v) is 4.27. The number of ether oxygens (including phenoxy) is 2. The summed E-state index contributed by atoms with van der Waals surface area (Å²) in [6, 6.07) is 4.94. The van der Waals surface area contributed by atoms with E-state index in [1.807, 2.05) is 20.8 Å². The Morgan fingerprint density at radius 2 is 2.00 bits per heavy atom. The molecule has 0 saturated heterocycles. The minimum Gasteiger partial charge on any atom is -0.494 e. The van der Waals surface area contributed by atoms with E-state index in [2.05, 4.69) is 4.72 Å². The van der Waals surface area contributed by atoms with Crippen LogP contribution in [-0.2, 0) is 14.8 Å². The van der Waals surface area contributed by atoms with Crippen LogP contribution < -0.4 is 9.46 Å². The van der Waals surface area contributed by atoms with Gasteiger partial charge in [0.1, 0.15) is 5.75 Å². The first-order valence-electron chi connectivity index (χ1n) is 6.67. The van der Waals surface area contributed by atoms with Gasteiger partial charge in [-0.1, -0.05) is 13.8 Å². The van der Waals surface area contributed by atoms with Crippen molar-refractivity contribution < 1.29 is 17.9 Å². The van der Waals surface area contributed by atoms with Crippen LogP contribution in [0.3, 0.4) is 0 Å². The highest BCUT2D eigenvalue weighted by Crippen LogP contribution is 2.29. The van der Waals surface area contributed by atoms with Crippen LogP contribution in [0.2, 0.25) is 0 Å². The molecule has 0 unspecified atom stereocenters. The lowest BCUT2D eigenvalue weighted by Crippen LogP contribution is -2.27. The monoisotopic (exact) mass is 301 g/mol. The summed E-state index contributed by atoms with van der Waals surface area (Å²) >= 11 is 0. The highest BCUT2D eigenvalue weighted by molar-refractivity contribution is 7.89. The van der Waals surface area contributed by atoms with E-state index in [0.29, 0.717) is 13.2 Å². The zero-order chi connectivity index (χ0) is 15.2. The molecule has 0 aliphatic heterocycles. The molecule has 0 heterocycles. The van der Waals surface area contributed by atoms with E-state index >= 15 is 0 Å². The second kappa shape index (κ2) is 7.61. The molecule has 0 aliphatic rings. The summed E-state index contributed by atoms with van der Waals surface area (Å²) in [6.07, 6.45) is 0. The van der Waals surface area contributed by atoms with Gasteiger partial charge < -0.3 is 9.47 Å². The highest BCUT2D eigenvalue weighted by Gasteiger charge is 2.17. The molecule has 1 rings (SSSR count). The molecule has 0 aliphatic carbocycles. The first-order chi connectivity index (χ1) is 9.42. The largest absolute Gasteiger partial charge is 0.494 e. The maximum absolute atomic E-state index is 12.1. The molecule has 0 bridgehead atoms. The number of hydrogen-bond acceptors (Lipinski definition) is 4. The predicted octanol–water partition coefficient (Wildman–Crippen LogP) is 2.13. The molecule has 114 valence electrons. The van der Waals surface area contributed by atoms with Crippen LogP contribution >= 0.6 is 0 Å². The fourth-order valence-corrected chi connectivity index (χ4v) is 2.84. The minimum atomic E-state index is -3.51. The smallest absolute Gasteiger partial charge is 0.240 e. The molecule has 0 aromatic heterocycles. The van der Waals surface area contributed by atoms with Crippen molar-refractivity contribution >= 4 is 10.0 Å². The SMILES string of the molecule is CCOc1ccc(S(=O)(=O)NCCOC)cc1C(C)C. The van der Waals surface area contributed by atoms with Gasteiger partial charge in [-0.15, -0.1) is 0 Å². The summed E-state index contributed by atoms with van der Waals surface area (Å²) in [5, 5.41) is 0. The summed E-state index contributed by atoms with van der Waals surface area (Å²) in [7, 11) is -1.98. The zero-order valence-electron chi connectivity index (χ0n) is 12.5. The summed E-state index contributed by atoms with van der Waals surface area (Å²) in [6.45, 7) is 7.06. The number of benzene rings is 1. The van der Waals surface area contributed by atoms with Crippen LogP contribution in [0, 0.1) is 0 Å². The first kappa shape index (κ1) is 16.9. The average Bonchev–Trinajstić information content (AvgIpc) is 2.39. The highest BCUT2D eigenvalue weighted by atomic mass is 32.2. The van der Waals surface area contributed by atoms with Gasteiger partial charge in [0.2, 0.25) is 10.0 Å². The van der Waals surface area contributed by atoms with E-state index in [-0.39, 0.29) is 17.4 Å². The maximum atomic E-state index is 12.1. The van der Waals surface area contributed by atoms with E-state index < -0.39 is 10.0 Å². The Balaban J connectivity index is 3.04. The molecule has 0 atom stereocenters. The van der Waals surface area contributed by atoms with Crippen molar-refractivity contribution in [3.8, 4) is 5.75 Å². The van der Waals surface area contributed by atoms with Crippen LogP contribution in [0.15, 0.2) is 23.1 Å². The molecule has 6 heteroatoms. The van der Waals surface area contributed by atoms with Crippen LogP contribution in [-0.4, -0.2) is 35.3 Å². The van der Waals surface area contributed by atoms with Gasteiger partial charge in [-0.2, -0.15) is 0 Å². The van der Waals surface area contributed by atoms with E-state index in [9.17, 15) is 8.42 Å². The lowest BCUT2D eigenvalue weighted by Gasteiger charge is -2.15. The van der Waals surface area contributed by atoms with Crippen molar-refractivity contribution in [2.45, 2.75) is 31.6 Å². The summed E-state index contributed by atoms with van der Waals surface area (Å²) in [5.74, 6) is 0.920. The molecule has 0 radical (unpaired) electrons. The fourth-order valence-electron chi connectivity index (χ4n) is 1.79. The Bertz CT molecular complexity index is 526. The van der Waals surface area contributed by atoms with Gasteiger partial charge in [-0.25, -0.2) is 13.1 Å². The van der Waals surface area contributed by atoms with Gasteiger partial charge in [0, 0.05) is 13.7 Å². The van der Waals surface area contributed by atoms with Crippen molar-refractivity contribution in [2.75, 3.05) is 26.9 Å². The molecular weight excluding hydrogens is 278 g/mol. The van der Waals surface area contributed by atoms with E-state index in [1.54, 1.807) is 18.2 Å². The molecule has 0 fully saturated rings. The van der Waals surface area contributed by atoms with Crippen LogP contribution in [0.25, 0.3) is 0 Å². The number of sulfonamides is 1. The molecule has 1 aromatic rings. The molecular formula is C14H23NO4S. The summed E-state index contributed by atoms with van der Waals surface area (Å²) in [5.41, 5.74) is 0.890. The normalized spacial score (nSPS) is 11.8. The zero-order valence-corrected chi connectivity index (χ0v) is 13.3. The van der Waals surface area contributed by atoms with Crippen LogP contribution in [0.5, 0.6) is 5.75 Å². The van der Waals surface area contributed by atoms with Crippen molar-refractivity contribution in [1.29, 1.82) is 0 Å². The number of methoxy groups -OCH3 is 1. The Morgan fingerprint density at radius 1 is 1.30 bits per heavy atom. The van der Waals surface area contributed by atoms with Gasteiger partial charge >= 0.3 is 0 Å². The molecule has 0 spiro atoms. The Kier molecular flexibility index (Phi) is 6.45. The molecule has 5 nitrogen and oxygen atoms in total. The quantitative estimate of drug-likeness (QED) is 0.747. The van der Waals surface area contributed by atoms with Crippen molar-refractivity contribution in [2.24, 2.45) is 0 Å². The van der Waals surface area contributed by atoms with Gasteiger partial charge in [-0.05, 0) is 36.6 Å². The van der Waals surface area contributed by atoms with E-state index in [1.165, 1.54) is 7.11 Å². The Labute approximate surface area is 121 Å². The molecule has 0 saturated carbocycles. The van der Waals surface area contributed by atoms with Gasteiger partial charge in [0.25, 0.3) is 0 Å². The lowest BCUT2D eigenvalue weighted by molar-refractivity contribution is 0.204. The number of nitrogens with one attached hydrogen (secondary N) is 1. The summed E-state index contributed by atoms with van der Waals surface area (Å²) in [4.78, 5) is 0.251. The third kappa shape index (κ3) is 4.47. The minimum absolute atomic E-state index is 0.186. The Morgan fingerprint density at radius 3 is 2.55 bits per heavy atom. The van der Waals surface area contributed by atoms with Crippen LogP contribution in [0.1, 0.15) is 32.3 Å². The predicted molar refractivity (Wildman–Crippen MR) is 78.8 cm³/mol. The van der Waals surface area contributed by atoms with Crippen molar-refractivity contribution in [3.05, 3.63) is 23.8 Å². The molecule has 1 aromatic carbocycles. The van der Waals surface area contributed by atoms with E-state index in [4.69, 9.17) is 9.47 Å². The average molecular weight is 301 g/mol. The van der Waals surface area contributed by atoms with Gasteiger partial charge in [0.15, 0.2) is 0 Å². The second-order valence-electron chi connectivity index (χ2n) is 4.68. The standard InChI is InChI=1S/C14H23NO4S/c1-5-19-14-7-6-12(10-13(14)11(2)3)20(16,17)15-8-9-18-4/h6-7,10-11,15H,5,8-9H2,1-4H3. The number of hydrogen-bond donors (Lipinski definition) is 1. The Hall–Kier alpha value is -1.11. The molecule has 1 N–H and O–H groups in total. The van der Waals surface area contributed by atoms with Crippen molar-refractivity contribution in [3.63, 3.8) is 0 Å². The van der Waals surface area contributed by atoms with Gasteiger partial charge in [-0.3, -0.25) is 0 Å². The van der Waals surface area contributed by atoms with E-state index in [0.717, 1.165) is 11.3 Å². The second-order valence-corrected chi connectivity index (χ2v) is 6.44. The van der Waals surface area contributed by atoms with Crippen LogP contribution in [0.4, 0.5) is 0 Å². The number of rotatable bonds is 8. The lowest BCUT2D eigenvalue weighted by atomic mass is 10.0.